The Morgan fingerprint density at radius 2 is 1.79 bits per heavy atom. The van der Waals surface area contributed by atoms with Crippen LogP contribution < -0.4 is 5.32 Å². The van der Waals surface area contributed by atoms with Crippen LogP contribution in [-0.2, 0) is 19.1 Å². The zero-order valence-electron chi connectivity index (χ0n) is 13.6. The fourth-order valence-corrected chi connectivity index (χ4v) is 1.91. The van der Waals surface area contributed by atoms with Crippen molar-refractivity contribution in [3.05, 3.63) is 35.4 Å². The molecular formula is C16H19F2NO5. The quantitative estimate of drug-likeness (QED) is 0.764. The third-order valence-corrected chi connectivity index (χ3v) is 3.49. The molecule has 1 rings (SSSR count). The Morgan fingerprint density at radius 3 is 2.29 bits per heavy atom. The second kappa shape index (κ2) is 8.95. The van der Waals surface area contributed by atoms with Crippen LogP contribution in [0.3, 0.4) is 0 Å². The molecule has 0 fully saturated rings. The molecule has 0 saturated carbocycles. The molecule has 0 spiro atoms. The highest BCUT2D eigenvalue weighted by Crippen LogP contribution is 2.13. The first-order valence-electron chi connectivity index (χ1n) is 7.30. The molecular weight excluding hydrogens is 324 g/mol. The van der Waals surface area contributed by atoms with Gasteiger partial charge in [-0.2, -0.15) is 0 Å². The Kier molecular flexibility index (Phi) is 7.29. The maximum absolute atomic E-state index is 13.4. The van der Waals surface area contributed by atoms with Crippen LogP contribution in [0.2, 0.25) is 0 Å². The van der Waals surface area contributed by atoms with Gasteiger partial charge >= 0.3 is 11.9 Å². The standard InChI is InChI=1S/C16H19F2NO5/c1-4-9(2)14(16(22)23-3)19-12(20)8-24-15(21)13-10(17)6-5-7-11(13)18/h5-7,9,14H,4,8H2,1-3H3,(H,19,20)/t9-,14+/m0/s1. The van der Waals surface area contributed by atoms with Crippen molar-refractivity contribution in [2.24, 2.45) is 5.92 Å². The predicted molar refractivity (Wildman–Crippen MR) is 80.0 cm³/mol. The second-order valence-electron chi connectivity index (χ2n) is 5.13. The number of ether oxygens (including phenoxy) is 2. The Morgan fingerprint density at radius 1 is 1.21 bits per heavy atom. The van der Waals surface area contributed by atoms with Gasteiger partial charge in [-0.05, 0) is 18.1 Å². The van der Waals surface area contributed by atoms with E-state index in [-0.39, 0.29) is 5.92 Å². The third-order valence-electron chi connectivity index (χ3n) is 3.49. The van der Waals surface area contributed by atoms with Gasteiger partial charge in [0.25, 0.3) is 5.91 Å². The summed E-state index contributed by atoms with van der Waals surface area (Å²) in [5.41, 5.74) is -0.878. The molecule has 2 atom stereocenters. The lowest BCUT2D eigenvalue weighted by atomic mass is 9.99. The molecule has 0 radical (unpaired) electrons. The van der Waals surface area contributed by atoms with Crippen LogP contribution in [0, 0.1) is 17.6 Å². The Bertz CT molecular complexity index is 600. The maximum Gasteiger partial charge on any atom is 0.344 e. The van der Waals surface area contributed by atoms with Gasteiger partial charge in [-0.15, -0.1) is 0 Å². The number of methoxy groups -OCH3 is 1. The van der Waals surface area contributed by atoms with Gasteiger partial charge in [0.1, 0.15) is 23.2 Å². The molecule has 1 amide bonds. The van der Waals surface area contributed by atoms with Gasteiger partial charge in [0.2, 0.25) is 0 Å². The number of rotatable bonds is 7. The topological polar surface area (TPSA) is 81.7 Å². The summed E-state index contributed by atoms with van der Waals surface area (Å²) in [6.45, 7) is 2.78. The normalized spacial score (nSPS) is 12.9. The number of hydrogen-bond acceptors (Lipinski definition) is 5. The van der Waals surface area contributed by atoms with Crippen molar-refractivity contribution in [3.63, 3.8) is 0 Å². The van der Waals surface area contributed by atoms with Crippen molar-refractivity contribution in [1.82, 2.24) is 5.32 Å². The highest BCUT2D eigenvalue weighted by Gasteiger charge is 2.27. The smallest absolute Gasteiger partial charge is 0.344 e. The number of benzene rings is 1. The van der Waals surface area contributed by atoms with Gasteiger partial charge in [-0.1, -0.05) is 26.3 Å². The molecule has 0 bridgehead atoms. The zero-order valence-corrected chi connectivity index (χ0v) is 13.6. The molecule has 0 aliphatic heterocycles. The molecule has 0 saturated heterocycles. The number of carbonyl (C=O) groups is 3. The van der Waals surface area contributed by atoms with E-state index < -0.39 is 47.7 Å². The average molecular weight is 343 g/mol. The fourth-order valence-electron chi connectivity index (χ4n) is 1.91. The van der Waals surface area contributed by atoms with Crippen LogP contribution >= 0.6 is 0 Å². The molecule has 0 aliphatic carbocycles. The van der Waals surface area contributed by atoms with E-state index in [2.05, 4.69) is 14.8 Å². The van der Waals surface area contributed by atoms with Gasteiger partial charge in [-0.25, -0.2) is 18.4 Å². The predicted octanol–water partition coefficient (Wildman–Crippen LogP) is 1.83. The summed E-state index contributed by atoms with van der Waals surface area (Å²) < 4.78 is 36.1. The van der Waals surface area contributed by atoms with E-state index in [9.17, 15) is 23.2 Å². The number of halogens is 2. The fraction of sp³-hybridized carbons (Fsp3) is 0.438. The molecule has 24 heavy (non-hydrogen) atoms. The van der Waals surface area contributed by atoms with Crippen LogP contribution in [0.1, 0.15) is 30.6 Å². The van der Waals surface area contributed by atoms with Crippen molar-refractivity contribution in [2.75, 3.05) is 13.7 Å². The summed E-state index contributed by atoms with van der Waals surface area (Å²) in [6, 6.07) is 1.99. The average Bonchev–Trinajstić information content (AvgIpc) is 2.56. The monoisotopic (exact) mass is 343 g/mol. The number of nitrogens with one attached hydrogen (secondary N) is 1. The molecule has 0 unspecified atom stereocenters. The summed E-state index contributed by atoms with van der Waals surface area (Å²) in [7, 11) is 1.19. The molecule has 6 nitrogen and oxygen atoms in total. The van der Waals surface area contributed by atoms with Gasteiger partial charge in [0, 0.05) is 0 Å². The van der Waals surface area contributed by atoms with Gasteiger partial charge < -0.3 is 14.8 Å². The first-order chi connectivity index (χ1) is 11.3. The largest absolute Gasteiger partial charge is 0.467 e. The lowest BCUT2D eigenvalue weighted by molar-refractivity contribution is -0.147. The van der Waals surface area contributed by atoms with E-state index in [1.54, 1.807) is 6.92 Å². The molecule has 0 heterocycles. The summed E-state index contributed by atoms with van der Waals surface area (Å²) in [5.74, 6) is -5.11. The summed E-state index contributed by atoms with van der Waals surface area (Å²) in [6.07, 6.45) is 0.597. The van der Waals surface area contributed by atoms with E-state index in [1.807, 2.05) is 6.92 Å². The van der Waals surface area contributed by atoms with Gasteiger partial charge in [0.15, 0.2) is 6.61 Å². The summed E-state index contributed by atoms with van der Waals surface area (Å²) >= 11 is 0. The summed E-state index contributed by atoms with van der Waals surface area (Å²) in [5, 5.41) is 2.38. The van der Waals surface area contributed by atoms with E-state index in [0.29, 0.717) is 6.42 Å². The molecule has 132 valence electrons. The van der Waals surface area contributed by atoms with Crippen LogP contribution in [0.15, 0.2) is 18.2 Å². The van der Waals surface area contributed by atoms with Crippen molar-refractivity contribution < 1.29 is 32.6 Å². The molecule has 8 heteroatoms. The van der Waals surface area contributed by atoms with Gasteiger partial charge in [-0.3, -0.25) is 4.79 Å². The Hall–Kier alpha value is -2.51. The Labute approximate surface area is 138 Å². The lowest BCUT2D eigenvalue weighted by Crippen LogP contribution is -2.47. The molecule has 1 N–H and O–H groups in total. The second-order valence-corrected chi connectivity index (χ2v) is 5.13. The minimum Gasteiger partial charge on any atom is -0.467 e. The van der Waals surface area contributed by atoms with Crippen molar-refractivity contribution in [1.29, 1.82) is 0 Å². The van der Waals surface area contributed by atoms with E-state index in [4.69, 9.17) is 0 Å². The van der Waals surface area contributed by atoms with Crippen LogP contribution in [-0.4, -0.2) is 37.6 Å². The number of amides is 1. The highest BCUT2D eigenvalue weighted by molar-refractivity contribution is 5.92. The van der Waals surface area contributed by atoms with Crippen LogP contribution in [0.5, 0.6) is 0 Å². The van der Waals surface area contributed by atoms with Crippen LogP contribution in [0.25, 0.3) is 0 Å². The Balaban J connectivity index is 2.68. The maximum atomic E-state index is 13.4. The van der Waals surface area contributed by atoms with Crippen molar-refractivity contribution >= 4 is 17.8 Å². The van der Waals surface area contributed by atoms with E-state index >= 15 is 0 Å². The van der Waals surface area contributed by atoms with E-state index in [0.717, 1.165) is 18.2 Å². The molecule has 0 aliphatic rings. The zero-order chi connectivity index (χ0) is 18.3. The molecule has 1 aromatic carbocycles. The van der Waals surface area contributed by atoms with Gasteiger partial charge in [0.05, 0.1) is 7.11 Å². The van der Waals surface area contributed by atoms with Crippen molar-refractivity contribution in [3.8, 4) is 0 Å². The van der Waals surface area contributed by atoms with Crippen LogP contribution in [0.4, 0.5) is 8.78 Å². The SMILES string of the molecule is CC[C@H](C)[C@@H](NC(=O)COC(=O)c1c(F)cccc1F)C(=O)OC. The minimum absolute atomic E-state index is 0.207. The number of carbonyl (C=O) groups excluding carboxylic acids is 3. The minimum atomic E-state index is -1.31. The molecule has 1 aromatic rings. The number of hydrogen-bond donors (Lipinski definition) is 1. The summed E-state index contributed by atoms with van der Waals surface area (Å²) in [4.78, 5) is 35.2. The first kappa shape index (κ1) is 19.5. The number of esters is 2. The van der Waals surface area contributed by atoms with Crippen molar-refractivity contribution in [2.45, 2.75) is 26.3 Å². The molecule has 0 aromatic heterocycles. The third kappa shape index (κ3) is 5.00. The van der Waals surface area contributed by atoms with E-state index in [1.165, 1.54) is 7.11 Å². The lowest BCUT2D eigenvalue weighted by Gasteiger charge is -2.21. The first-order valence-corrected chi connectivity index (χ1v) is 7.30. The highest BCUT2D eigenvalue weighted by atomic mass is 19.1.